The number of nitrogen functional groups attached to an aromatic ring is 1. The van der Waals surface area contributed by atoms with Gasteiger partial charge in [0.1, 0.15) is 5.75 Å². The summed E-state index contributed by atoms with van der Waals surface area (Å²) in [5, 5.41) is 0.168. The zero-order valence-electron chi connectivity index (χ0n) is 5.90. The normalized spacial score (nSPS) is 9.73. The predicted octanol–water partition coefficient (Wildman–Crippen LogP) is 2.07. The highest BCUT2D eigenvalue weighted by molar-refractivity contribution is 6.33. The van der Waals surface area contributed by atoms with Gasteiger partial charge in [0.2, 0.25) is 0 Å². The predicted molar refractivity (Wildman–Crippen MR) is 42.4 cm³/mol. The van der Waals surface area contributed by atoms with Crippen LogP contribution in [-0.2, 0) is 0 Å². The van der Waals surface area contributed by atoms with Gasteiger partial charge in [-0.1, -0.05) is 11.6 Å². The molecule has 0 unspecified atom stereocenters. The Balaban J connectivity index is 3.21. The Hall–Kier alpha value is -0.960. The molecule has 0 aliphatic rings. The number of halogens is 2. The Bertz CT molecular complexity index is 254. The van der Waals surface area contributed by atoms with E-state index in [4.69, 9.17) is 22.1 Å². The third kappa shape index (κ3) is 1.54. The van der Waals surface area contributed by atoms with Gasteiger partial charge in [0.15, 0.2) is 5.82 Å². The molecule has 2 N–H and O–H groups in total. The van der Waals surface area contributed by atoms with E-state index in [1.807, 2.05) is 0 Å². The van der Waals surface area contributed by atoms with Crippen LogP contribution in [0.2, 0.25) is 5.02 Å². The lowest BCUT2D eigenvalue weighted by molar-refractivity contribution is 0.411. The first-order chi connectivity index (χ1) is 5.15. The number of methoxy groups -OCH3 is 1. The Morgan fingerprint density at radius 1 is 1.55 bits per heavy atom. The maximum absolute atomic E-state index is 12.7. The maximum Gasteiger partial charge on any atom is 0.151 e. The molecular formula is C7H7ClFNO. The summed E-state index contributed by atoms with van der Waals surface area (Å²) in [4.78, 5) is 0. The Morgan fingerprint density at radius 2 is 2.18 bits per heavy atom. The Kier molecular flexibility index (Phi) is 2.19. The summed E-state index contributed by atoms with van der Waals surface area (Å²) in [6.07, 6.45) is 0. The van der Waals surface area contributed by atoms with Gasteiger partial charge in [0, 0.05) is 12.1 Å². The minimum absolute atomic E-state index is 0.0486. The van der Waals surface area contributed by atoms with Crippen molar-refractivity contribution in [2.45, 2.75) is 0 Å². The molecule has 0 saturated heterocycles. The maximum atomic E-state index is 12.7. The zero-order chi connectivity index (χ0) is 8.43. The number of hydrogen-bond acceptors (Lipinski definition) is 2. The van der Waals surface area contributed by atoms with Crippen LogP contribution in [0, 0.1) is 5.82 Å². The quantitative estimate of drug-likeness (QED) is 0.664. The van der Waals surface area contributed by atoms with Gasteiger partial charge < -0.3 is 10.5 Å². The fourth-order valence-electron chi connectivity index (χ4n) is 0.679. The van der Waals surface area contributed by atoms with Crippen LogP contribution in [0.25, 0.3) is 0 Å². The molecule has 0 aliphatic heterocycles. The first kappa shape index (κ1) is 8.14. The van der Waals surface area contributed by atoms with Crippen molar-refractivity contribution in [3.8, 4) is 5.75 Å². The molecule has 0 radical (unpaired) electrons. The molecule has 1 rings (SSSR count). The number of rotatable bonds is 1. The minimum atomic E-state index is -0.561. The van der Waals surface area contributed by atoms with Gasteiger partial charge in [-0.15, -0.1) is 0 Å². The molecule has 1 aromatic rings. The lowest BCUT2D eigenvalue weighted by atomic mass is 10.3. The zero-order valence-corrected chi connectivity index (χ0v) is 6.65. The smallest absolute Gasteiger partial charge is 0.151 e. The molecule has 0 bridgehead atoms. The van der Waals surface area contributed by atoms with Crippen LogP contribution in [0.15, 0.2) is 12.1 Å². The second-order valence-electron chi connectivity index (χ2n) is 2.00. The summed E-state index contributed by atoms with van der Waals surface area (Å²) in [6.45, 7) is 0. The van der Waals surface area contributed by atoms with Gasteiger partial charge in [-0.05, 0) is 0 Å². The average Bonchev–Trinajstić information content (AvgIpc) is 1.99. The lowest BCUT2D eigenvalue weighted by Crippen LogP contribution is -1.93. The van der Waals surface area contributed by atoms with Gasteiger partial charge in [0.05, 0.1) is 17.8 Å². The summed E-state index contributed by atoms with van der Waals surface area (Å²) in [5.74, 6) is -0.198. The minimum Gasteiger partial charge on any atom is -0.497 e. The first-order valence-corrected chi connectivity index (χ1v) is 3.31. The van der Waals surface area contributed by atoms with E-state index in [9.17, 15) is 4.39 Å². The third-order valence-electron chi connectivity index (χ3n) is 1.29. The molecule has 4 heteroatoms. The first-order valence-electron chi connectivity index (χ1n) is 2.93. The second-order valence-corrected chi connectivity index (χ2v) is 2.41. The van der Waals surface area contributed by atoms with Crippen LogP contribution in [-0.4, -0.2) is 7.11 Å². The molecule has 0 spiro atoms. The summed E-state index contributed by atoms with van der Waals surface area (Å²) in [6, 6.07) is 2.64. The molecule has 11 heavy (non-hydrogen) atoms. The largest absolute Gasteiger partial charge is 0.497 e. The lowest BCUT2D eigenvalue weighted by Gasteiger charge is -2.03. The van der Waals surface area contributed by atoms with Crippen molar-refractivity contribution in [3.05, 3.63) is 23.0 Å². The number of ether oxygens (including phenoxy) is 1. The molecular weight excluding hydrogens is 169 g/mol. The Labute approximate surface area is 68.7 Å². The monoisotopic (exact) mass is 175 g/mol. The molecule has 60 valence electrons. The summed E-state index contributed by atoms with van der Waals surface area (Å²) in [5.41, 5.74) is 5.19. The molecule has 0 aliphatic carbocycles. The van der Waals surface area contributed by atoms with Crippen molar-refractivity contribution in [1.82, 2.24) is 0 Å². The van der Waals surface area contributed by atoms with Crippen molar-refractivity contribution in [2.75, 3.05) is 12.8 Å². The van der Waals surface area contributed by atoms with E-state index < -0.39 is 5.82 Å². The van der Waals surface area contributed by atoms with Gasteiger partial charge in [-0.25, -0.2) is 4.39 Å². The Morgan fingerprint density at radius 3 is 2.64 bits per heavy atom. The van der Waals surface area contributed by atoms with Crippen LogP contribution >= 0.6 is 11.6 Å². The number of benzene rings is 1. The van der Waals surface area contributed by atoms with Gasteiger partial charge in [0.25, 0.3) is 0 Å². The van der Waals surface area contributed by atoms with E-state index in [2.05, 4.69) is 0 Å². The van der Waals surface area contributed by atoms with Crippen molar-refractivity contribution >= 4 is 17.3 Å². The van der Waals surface area contributed by atoms with Gasteiger partial charge >= 0.3 is 0 Å². The molecule has 0 fully saturated rings. The van der Waals surface area contributed by atoms with E-state index in [0.29, 0.717) is 5.75 Å². The van der Waals surface area contributed by atoms with Gasteiger partial charge in [-0.2, -0.15) is 0 Å². The number of anilines is 1. The fraction of sp³-hybridized carbons (Fsp3) is 0.143. The fourth-order valence-corrected chi connectivity index (χ4v) is 0.877. The summed E-state index contributed by atoms with van der Waals surface area (Å²) < 4.78 is 17.5. The summed E-state index contributed by atoms with van der Waals surface area (Å²) in [7, 11) is 1.43. The number of hydrogen-bond donors (Lipinski definition) is 1. The molecule has 2 nitrogen and oxygen atoms in total. The number of nitrogens with two attached hydrogens (primary N) is 1. The molecule has 1 aromatic carbocycles. The van der Waals surface area contributed by atoms with Crippen molar-refractivity contribution < 1.29 is 9.13 Å². The average molecular weight is 176 g/mol. The highest BCUT2D eigenvalue weighted by Crippen LogP contribution is 2.27. The topological polar surface area (TPSA) is 35.2 Å². The molecule has 0 amide bonds. The molecule has 0 atom stereocenters. The van der Waals surface area contributed by atoms with Crippen LogP contribution in [0.4, 0.5) is 10.1 Å². The highest BCUT2D eigenvalue weighted by atomic mass is 35.5. The molecule has 0 aromatic heterocycles. The van der Waals surface area contributed by atoms with Gasteiger partial charge in [-0.3, -0.25) is 0 Å². The van der Waals surface area contributed by atoms with Crippen molar-refractivity contribution in [2.24, 2.45) is 0 Å². The summed E-state index contributed by atoms with van der Waals surface area (Å²) >= 11 is 5.55. The van der Waals surface area contributed by atoms with E-state index in [-0.39, 0.29) is 10.7 Å². The second kappa shape index (κ2) is 2.96. The van der Waals surface area contributed by atoms with Crippen LogP contribution in [0.1, 0.15) is 0 Å². The molecule has 0 heterocycles. The highest BCUT2D eigenvalue weighted by Gasteiger charge is 2.05. The standard InChI is InChI=1S/C7H7ClFNO/c1-11-4-2-5(8)7(10)6(9)3-4/h2-3H,10H2,1H3. The van der Waals surface area contributed by atoms with Crippen molar-refractivity contribution in [1.29, 1.82) is 0 Å². The SMILES string of the molecule is COc1cc(F)c(N)c(Cl)c1. The third-order valence-corrected chi connectivity index (χ3v) is 1.60. The van der Waals surface area contributed by atoms with Crippen LogP contribution in [0.3, 0.4) is 0 Å². The van der Waals surface area contributed by atoms with Crippen molar-refractivity contribution in [3.63, 3.8) is 0 Å². The van der Waals surface area contributed by atoms with E-state index in [1.54, 1.807) is 0 Å². The molecule has 0 saturated carbocycles. The van der Waals surface area contributed by atoms with Crippen LogP contribution < -0.4 is 10.5 Å². The van der Waals surface area contributed by atoms with E-state index in [0.717, 1.165) is 0 Å². The van der Waals surface area contributed by atoms with E-state index in [1.165, 1.54) is 19.2 Å². The van der Waals surface area contributed by atoms with E-state index >= 15 is 0 Å². The van der Waals surface area contributed by atoms with Crippen LogP contribution in [0.5, 0.6) is 5.75 Å².